The van der Waals surface area contributed by atoms with E-state index in [9.17, 15) is 10.1 Å². The van der Waals surface area contributed by atoms with E-state index in [1.165, 1.54) is 12.8 Å². The lowest BCUT2D eigenvalue weighted by atomic mass is 10.0. The quantitative estimate of drug-likeness (QED) is 0.640. The zero-order valence-electron chi connectivity index (χ0n) is 12.1. The molecule has 110 valence electrons. The number of nitrogens with zero attached hydrogens (tertiary/aromatic N) is 2. The number of rotatable bonds is 5. The fraction of sp³-hybridized carbons (Fsp3) is 0.571. The van der Waals surface area contributed by atoms with Crippen LogP contribution in [-0.2, 0) is 0 Å². The average Bonchev–Trinajstić information content (AvgIpc) is 2.45. The highest BCUT2D eigenvalue weighted by Crippen LogP contribution is 2.32. The third-order valence-electron chi connectivity index (χ3n) is 3.94. The molecule has 1 heterocycles. The monoisotopic (exact) mass is 278 g/mol. The van der Waals surface area contributed by atoms with E-state index in [0.717, 1.165) is 19.5 Å². The number of nitro groups is 1. The number of piperidine rings is 1. The van der Waals surface area contributed by atoms with Crippen LogP contribution in [0.2, 0.25) is 0 Å². The molecule has 6 heteroatoms. The summed E-state index contributed by atoms with van der Waals surface area (Å²) in [7, 11) is 3.81. The van der Waals surface area contributed by atoms with Gasteiger partial charge < -0.3 is 15.5 Å². The molecule has 1 atom stereocenters. The largest absolute Gasteiger partial charge is 0.382 e. The van der Waals surface area contributed by atoms with Gasteiger partial charge in [0.25, 0.3) is 0 Å². The normalized spacial score (nSPS) is 19.6. The zero-order valence-corrected chi connectivity index (χ0v) is 12.1. The molecule has 2 rings (SSSR count). The van der Waals surface area contributed by atoms with Crippen molar-refractivity contribution in [2.45, 2.75) is 25.3 Å². The summed E-state index contributed by atoms with van der Waals surface area (Å²) in [6.45, 7) is 1.84. The minimum absolute atomic E-state index is 0.119. The Morgan fingerprint density at radius 3 is 2.80 bits per heavy atom. The fourth-order valence-electron chi connectivity index (χ4n) is 2.71. The van der Waals surface area contributed by atoms with Gasteiger partial charge in [-0.15, -0.1) is 0 Å². The maximum atomic E-state index is 11.2. The van der Waals surface area contributed by atoms with Crippen LogP contribution >= 0.6 is 0 Å². The second-order valence-electron chi connectivity index (χ2n) is 5.22. The number of benzene rings is 1. The fourth-order valence-corrected chi connectivity index (χ4v) is 2.71. The van der Waals surface area contributed by atoms with Gasteiger partial charge in [0.1, 0.15) is 11.4 Å². The number of hydrogen-bond acceptors (Lipinski definition) is 5. The van der Waals surface area contributed by atoms with Crippen LogP contribution in [0.15, 0.2) is 18.2 Å². The molecule has 1 aromatic carbocycles. The predicted molar refractivity (Wildman–Crippen MR) is 81.4 cm³/mol. The van der Waals surface area contributed by atoms with Crippen molar-refractivity contribution in [2.24, 2.45) is 0 Å². The SMILES string of the molecule is CNc1cccc(NCC2CCCCN2C)c1[N+](=O)[O-]. The van der Waals surface area contributed by atoms with Crippen LogP contribution in [0.3, 0.4) is 0 Å². The Morgan fingerprint density at radius 1 is 1.40 bits per heavy atom. The highest BCUT2D eigenvalue weighted by atomic mass is 16.6. The molecular formula is C14H22N4O2. The van der Waals surface area contributed by atoms with E-state index in [1.807, 2.05) is 6.07 Å². The van der Waals surface area contributed by atoms with E-state index in [0.29, 0.717) is 17.4 Å². The summed E-state index contributed by atoms with van der Waals surface area (Å²) in [5, 5.41) is 17.4. The molecule has 0 saturated carbocycles. The minimum Gasteiger partial charge on any atom is -0.382 e. The van der Waals surface area contributed by atoms with Crippen molar-refractivity contribution in [1.82, 2.24) is 4.90 Å². The third kappa shape index (κ3) is 3.19. The van der Waals surface area contributed by atoms with E-state index < -0.39 is 0 Å². The first-order chi connectivity index (χ1) is 9.63. The maximum Gasteiger partial charge on any atom is 0.315 e. The predicted octanol–water partition coefficient (Wildman–Crippen LogP) is 2.53. The molecule has 0 spiro atoms. The van der Waals surface area contributed by atoms with Crippen LogP contribution < -0.4 is 10.6 Å². The van der Waals surface area contributed by atoms with Crippen molar-refractivity contribution in [1.29, 1.82) is 0 Å². The zero-order chi connectivity index (χ0) is 14.5. The third-order valence-corrected chi connectivity index (χ3v) is 3.94. The Labute approximate surface area is 119 Å². The number of anilines is 2. The summed E-state index contributed by atoms with van der Waals surface area (Å²) in [4.78, 5) is 13.2. The minimum atomic E-state index is -0.335. The van der Waals surface area contributed by atoms with E-state index in [4.69, 9.17) is 0 Å². The van der Waals surface area contributed by atoms with Crippen LogP contribution in [0.25, 0.3) is 0 Å². The molecule has 1 fully saturated rings. The van der Waals surface area contributed by atoms with E-state index >= 15 is 0 Å². The molecule has 2 N–H and O–H groups in total. The maximum absolute atomic E-state index is 11.2. The topological polar surface area (TPSA) is 70.4 Å². The standard InChI is InChI=1S/C14H22N4O2/c1-15-12-7-5-8-13(14(12)18(19)20)16-10-11-6-3-4-9-17(11)2/h5,7-8,11,15-16H,3-4,6,9-10H2,1-2H3. The van der Waals surface area contributed by atoms with Crippen molar-refractivity contribution >= 4 is 17.1 Å². The van der Waals surface area contributed by atoms with Gasteiger partial charge in [-0.3, -0.25) is 10.1 Å². The number of para-hydroxylation sites is 1. The van der Waals surface area contributed by atoms with Crippen molar-refractivity contribution in [2.75, 3.05) is 37.8 Å². The molecule has 1 aliphatic heterocycles. The second-order valence-corrected chi connectivity index (χ2v) is 5.22. The van der Waals surface area contributed by atoms with Crippen LogP contribution in [-0.4, -0.2) is 43.0 Å². The Morgan fingerprint density at radius 2 is 2.15 bits per heavy atom. The van der Waals surface area contributed by atoms with E-state index in [-0.39, 0.29) is 10.6 Å². The van der Waals surface area contributed by atoms with Gasteiger partial charge >= 0.3 is 5.69 Å². The molecule has 1 aromatic rings. The Balaban J connectivity index is 2.10. The molecule has 1 saturated heterocycles. The van der Waals surface area contributed by atoms with Gasteiger partial charge in [0, 0.05) is 19.6 Å². The van der Waals surface area contributed by atoms with Crippen LogP contribution in [0, 0.1) is 10.1 Å². The molecule has 1 aliphatic rings. The molecule has 0 radical (unpaired) electrons. The summed E-state index contributed by atoms with van der Waals surface area (Å²) in [5.41, 5.74) is 1.24. The van der Waals surface area contributed by atoms with Gasteiger partial charge in [0.05, 0.1) is 4.92 Å². The molecule has 0 bridgehead atoms. The Kier molecular flexibility index (Phi) is 4.79. The first-order valence-corrected chi connectivity index (χ1v) is 7.02. The Bertz CT molecular complexity index is 478. The van der Waals surface area contributed by atoms with Crippen LogP contribution in [0.4, 0.5) is 17.1 Å². The number of nitrogens with one attached hydrogen (secondary N) is 2. The molecular weight excluding hydrogens is 256 g/mol. The van der Waals surface area contributed by atoms with Gasteiger partial charge in [-0.05, 0) is 38.6 Å². The summed E-state index contributed by atoms with van der Waals surface area (Å²) in [6.07, 6.45) is 3.61. The van der Waals surface area contributed by atoms with Crippen molar-refractivity contribution < 1.29 is 4.92 Å². The van der Waals surface area contributed by atoms with E-state index in [1.54, 1.807) is 19.2 Å². The van der Waals surface area contributed by atoms with Gasteiger partial charge in [0.15, 0.2) is 0 Å². The Hall–Kier alpha value is -1.82. The summed E-state index contributed by atoms with van der Waals surface area (Å²) in [5.74, 6) is 0. The van der Waals surface area contributed by atoms with E-state index in [2.05, 4.69) is 22.6 Å². The average molecular weight is 278 g/mol. The molecule has 20 heavy (non-hydrogen) atoms. The highest BCUT2D eigenvalue weighted by molar-refractivity contribution is 5.76. The van der Waals surface area contributed by atoms with Crippen LogP contribution in [0.5, 0.6) is 0 Å². The second kappa shape index (κ2) is 6.56. The molecule has 0 aromatic heterocycles. The number of hydrogen-bond donors (Lipinski definition) is 2. The summed E-state index contributed by atoms with van der Waals surface area (Å²) < 4.78 is 0. The molecule has 1 unspecified atom stereocenters. The van der Waals surface area contributed by atoms with Crippen molar-refractivity contribution in [3.05, 3.63) is 28.3 Å². The van der Waals surface area contributed by atoms with Gasteiger partial charge in [-0.2, -0.15) is 0 Å². The van der Waals surface area contributed by atoms with Gasteiger partial charge in [-0.25, -0.2) is 0 Å². The first kappa shape index (κ1) is 14.6. The van der Waals surface area contributed by atoms with Gasteiger partial charge in [0.2, 0.25) is 0 Å². The van der Waals surface area contributed by atoms with Crippen molar-refractivity contribution in [3.8, 4) is 0 Å². The number of likely N-dealkylation sites (N-methyl/N-ethyl adjacent to an activating group) is 1. The molecule has 6 nitrogen and oxygen atoms in total. The highest BCUT2D eigenvalue weighted by Gasteiger charge is 2.22. The first-order valence-electron chi connectivity index (χ1n) is 7.02. The number of likely N-dealkylation sites (tertiary alicyclic amines) is 1. The van der Waals surface area contributed by atoms with Gasteiger partial charge in [-0.1, -0.05) is 12.5 Å². The lowest BCUT2D eigenvalue weighted by Gasteiger charge is -2.32. The van der Waals surface area contributed by atoms with Crippen LogP contribution in [0.1, 0.15) is 19.3 Å². The lowest BCUT2D eigenvalue weighted by Crippen LogP contribution is -2.40. The summed E-state index contributed by atoms with van der Waals surface area (Å²) >= 11 is 0. The summed E-state index contributed by atoms with van der Waals surface area (Å²) in [6, 6.07) is 5.76. The molecule has 0 amide bonds. The molecule has 0 aliphatic carbocycles. The van der Waals surface area contributed by atoms with Crippen molar-refractivity contribution in [3.63, 3.8) is 0 Å². The number of nitro benzene ring substituents is 1. The smallest absolute Gasteiger partial charge is 0.315 e. The lowest BCUT2D eigenvalue weighted by molar-refractivity contribution is -0.383.